The van der Waals surface area contributed by atoms with E-state index in [2.05, 4.69) is 18.0 Å². The second-order valence-corrected chi connectivity index (χ2v) is 4.50. The number of nitrogens with zero attached hydrogens (tertiary/aromatic N) is 1. The normalized spacial score (nSPS) is 16.6. The summed E-state index contributed by atoms with van der Waals surface area (Å²) in [5.74, 6) is 0.843. The third-order valence-electron chi connectivity index (χ3n) is 3.40. The lowest BCUT2D eigenvalue weighted by Crippen LogP contribution is -2.26. The molecule has 17 heavy (non-hydrogen) atoms. The fourth-order valence-corrected chi connectivity index (χ4v) is 2.48. The summed E-state index contributed by atoms with van der Waals surface area (Å²) in [5, 5.41) is 9.17. The summed E-state index contributed by atoms with van der Waals surface area (Å²) in [5.41, 5.74) is 9.21. The molecule has 0 fully saturated rings. The molecule has 0 spiro atoms. The zero-order valence-corrected chi connectivity index (χ0v) is 10.4. The minimum absolute atomic E-state index is 0.0645. The molecule has 4 nitrogen and oxygen atoms in total. The average molecular weight is 236 g/mol. The van der Waals surface area contributed by atoms with Crippen LogP contribution in [0.15, 0.2) is 12.1 Å². The highest BCUT2D eigenvalue weighted by Gasteiger charge is 2.22. The number of aliphatic hydroxyl groups excluding tert-OH is 1. The largest absolute Gasteiger partial charge is 0.496 e. The molecular formula is C13H20N2O2. The van der Waals surface area contributed by atoms with E-state index < -0.39 is 0 Å². The molecule has 3 N–H and O–H groups in total. The van der Waals surface area contributed by atoms with Gasteiger partial charge in [0.1, 0.15) is 5.75 Å². The van der Waals surface area contributed by atoms with Crippen molar-refractivity contribution in [1.82, 2.24) is 0 Å². The number of hydrogen-bond donors (Lipinski definition) is 2. The Morgan fingerprint density at radius 2 is 2.29 bits per heavy atom. The van der Waals surface area contributed by atoms with E-state index in [4.69, 9.17) is 10.5 Å². The Morgan fingerprint density at radius 3 is 2.94 bits per heavy atom. The summed E-state index contributed by atoms with van der Waals surface area (Å²) in [6.07, 6.45) is 2.13. The fraction of sp³-hybridized carbons (Fsp3) is 0.538. The van der Waals surface area contributed by atoms with Crippen molar-refractivity contribution in [2.45, 2.75) is 18.9 Å². The van der Waals surface area contributed by atoms with Gasteiger partial charge in [0.15, 0.2) is 0 Å². The highest BCUT2D eigenvalue weighted by atomic mass is 16.5. The maximum Gasteiger partial charge on any atom is 0.128 e. The van der Waals surface area contributed by atoms with Gasteiger partial charge in [-0.2, -0.15) is 0 Å². The lowest BCUT2D eigenvalue weighted by atomic mass is 9.95. The predicted molar refractivity (Wildman–Crippen MR) is 68.6 cm³/mol. The number of fused-ring (bicyclic) bond motifs is 1. The maximum atomic E-state index is 9.17. The molecule has 0 saturated carbocycles. The van der Waals surface area contributed by atoms with Crippen LogP contribution in [0, 0.1) is 0 Å². The van der Waals surface area contributed by atoms with Crippen LogP contribution in [0.4, 0.5) is 5.69 Å². The van der Waals surface area contributed by atoms with Gasteiger partial charge in [-0.25, -0.2) is 0 Å². The summed E-state index contributed by atoms with van der Waals surface area (Å²) >= 11 is 0. The minimum atomic E-state index is -0.373. The van der Waals surface area contributed by atoms with Crippen LogP contribution >= 0.6 is 0 Å². The van der Waals surface area contributed by atoms with Crippen molar-refractivity contribution >= 4 is 5.69 Å². The highest BCUT2D eigenvalue weighted by molar-refractivity contribution is 5.63. The lowest BCUT2D eigenvalue weighted by molar-refractivity contribution is 0.264. The molecule has 1 heterocycles. The van der Waals surface area contributed by atoms with Crippen LogP contribution in [-0.2, 0) is 6.42 Å². The Morgan fingerprint density at radius 1 is 1.53 bits per heavy atom. The molecule has 4 heteroatoms. The summed E-state index contributed by atoms with van der Waals surface area (Å²) in [6, 6.07) is 3.66. The lowest BCUT2D eigenvalue weighted by Gasteiger charge is -2.30. The third-order valence-corrected chi connectivity index (χ3v) is 3.40. The maximum absolute atomic E-state index is 9.17. The average Bonchev–Trinajstić information content (AvgIpc) is 2.37. The van der Waals surface area contributed by atoms with Crippen LogP contribution in [0.25, 0.3) is 0 Å². The fourth-order valence-electron chi connectivity index (χ4n) is 2.48. The molecule has 2 rings (SSSR count). The second kappa shape index (κ2) is 4.94. The van der Waals surface area contributed by atoms with Crippen LogP contribution in [0.5, 0.6) is 5.75 Å². The number of nitrogens with two attached hydrogens (primary N) is 1. The Hall–Kier alpha value is -1.26. The first kappa shape index (κ1) is 12.2. The van der Waals surface area contributed by atoms with Gasteiger partial charge < -0.3 is 20.5 Å². The summed E-state index contributed by atoms with van der Waals surface area (Å²) in [6.45, 7) is 1.01. The first-order valence-corrected chi connectivity index (χ1v) is 5.96. The topological polar surface area (TPSA) is 58.7 Å². The molecular weight excluding hydrogens is 216 g/mol. The van der Waals surface area contributed by atoms with Gasteiger partial charge in [0.05, 0.1) is 19.8 Å². The standard InChI is InChI=1S/C13H20N2O2/c1-15-7-3-4-10-12(15)6-5-9(11(14)8-16)13(10)17-2/h5-6,11,16H,3-4,7-8,14H2,1-2H3. The number of aliphatic hydroxyl groups is 1. The molecule has 1 atom stereocenters. The predicted octanol–water partition coefficient (Wildman–Crippen LogP) is 1.07. The van der Waals surface area contributed by atoms with E-state index in [0.29, 0.717) is 0 Å². The van der Waals surface area contributed by atoms with E-state index in [9.17, 15) is 5.11 Å². The molecule has 0 aliphatic carbocycles. The van der Waals surface area contributed by atoms with E-state index >= 15 is 0 Å². The van der Waals surface area contributed by atoms with Crippen molar-refractivity contribution in [2.24, 2.45) is 5.73 Å². The van der Waals surface area contributed by atoms with E-state index in [1.165, 1.54) is 11.3 Å². The molecule has 0 saturated heterocycles. The number of hydrogen-bond acceptors (Lipinski definition) is 4. The summed E-state index contributed by atoms with van der Waals surface area (Å²) < 4.78 is 5.50. The first-order valence-electron chi connectivity index (χ1n) is 5.96. The van der Waals surface area contributed by atoms with Crippen molar-refractivity contribution in [1.29, 1.82) is 0 Å². The van der Waals surface area contributed by atoms with Gasteiger partial charge in [0, 0.05) is 30.4 Å². The van der Waals surface area contributed by atoms with Gasteiger partial charge in [-0.15, -0.1) is 0 Å². The number of rotatable bonds is 3. The molecule has 0 bridgehead atoms. The Labute approximate surface area is 102 Å². The molecule has 1 unspecified atom stereocenters. The Balaban J connectivity index is 2.51. The number of methoxy groups -OCH3 is 1. The van der Waals surface area contributed by atoms with Crippen LogP contribution in [-0.4, -0.2) is 32.4 Å². The SMILES string of the molecule is COc1c(C(N)CO)ccc2c1CCCN2C. The van der Waals surface area contributed by atoms with Gasteiger partial charge in [-0.05, 0) is 18.9 Å². The Bertz CT molecular complexity index is 407. The van der Waals surface area contributed by atoms with E-state index in [0.717, 1.165) is 30.7 Å². The molecule has 0 aromatic heterocycles. The van der Waals surface area contributed by atoms with Gasteiger partial charge >= 0.3 is 0 Å². The number of benzene rings is 1. The summed E-state index contributed by atoms with van der Waals surface area (Å²) in [7, 11) is 3.75. The molecule has 1 aliphatic heterocycles. The quantitative estimate of drug-likeness (QED) is 0.824. The van der Waals surface area contributed by atoms with Gasteiger partial charge in [-0.3, -0.25) is 0 Å². The van der Waals surface area contributed by atoms with E-state index in [1.807, 2.05) is 6.07 Å². The van der Waals surface area contributed by atoms with Crippen molar-refractivity contribution < 1.29 is 9.84 Å². The smallest absolute Gasteiger partial charge is 0.128 e. The second-order valence-electron chi connectivity index (χ2n) is 4.50. The zero-order chi connectivity index (χ0) is 12.4. The van der Waals surface area contributed by atoms with Crippen molar-refractivity contribution in [3.8, 4) is 5.75 Å². The first-order chi connectivity index (χ1) is 8.19. The molecule has 1 aliphatic rings. The van der Waals surface area contributed by atoms with Crippen molar-refractivity contribution in [3.63, 3.8) is 0 Å². The van der Waals surface area contributed by atoms with Crippen LogP contribution < -0.4 is 15.4 Å². The van der Waals surface area contributed by atoms with Crippen molar-refractivity contribution in [2.75, 3.05) is 32.2 Å². The third kappa shape index (κ3) is 2.10. The Kier molecular flexibility index (Phi) is 3.54. The highest BCUT2D eigenvalue weighted by Crippen LogP contribution is 2.38. The van der Waals surface area contributed by atoms with E-state index in [-0.39, 0.29) is 12.6 Å². The molecule has 1 aromatic carbocycles. The molecule has 1 aromatic rings. The number of anilines is 1. The molecule has 94 valence electrons. The van der Waals surface area contributed by atoms with Crippen LogP contribution in [0.1, 0.15) is 23.6 Å². The van der Waals surface area contributed by atoms with Crippen molar-refractivity contribution in [3.05, 3.63) is 23.3 Å². The monoisotopic (exact) mass is 236 g/mol. The minimum Gasteiger partial charge on any atom is -0.496 e. The van der Waals surface area contributed by atoms with E-state index in [1.54, 1.807) is 7.11 Å². The summed E-state index contributed by atoms with van der Waals surface area (Å²) in [4.78, 5) is 2.23. The van der Waals surface area contributed by atoms with Crippen LogP contribution in [0.2, 0.25) is 0 Å². The number of ether oxygens (including phenoxy) is 1. The van der Waals surface area contributed by atoms with Gasteiger partial charge in [0.2, 0.25) is 0 Å². The van der Waals surface area contributed by atoms with Gasteiger partial charge in [-0.1, -0.05) is 6.07 Å². The molecule has 0 amide bonds. The zero-order valence-electron chi connectivity index (χ0n) is 10.4. The van der Waals surface area contributed by atoms with Gasteiger partial charge in [0.25, 0.3) is 0 Å². The molecule has 0 radical (unpaired) electrons. The van der Waals surface area contributed by atoms with Crippen LogP contribution in [0.3, 0.4) is 0 Å².